The first kappa shape index (κ1) is 17.3. The van der Waals surface area contributed by atoms with Gasteiger partial charge in [0.15, 0.2) is 21.5 Å². The normalized spacial score (nSPS) is 12.6. The predicted molar refractivity (Wildman–Crippen MR) is 88.5 cm³/mol. The molecule has 1 aromatic heterocycles. The van der Waals surface area contributed by atoms with Crippen LogP contribution in [0.2, 0.25) is 0 Å². The molecule has 23 heavy (non-hydrogen) atoms. The maximum Gasteiger partial charge on any atom is 0.186 e. The number of thiazole rings is 1. The highest BCUT2D eigenvalue weighted by molar-refractivity contribution is 7.90. The van der Waals surface area contributed by atoms with Crippen LogP contribution in [0.1, 0.15) is 39.5 Å². The van der Waals surface area contributed by atoms with Crippen molar-refractivity contribution in [3.63, 3.8) is 0 Å². The zero-order chi connectivity index (χ0) is 17.2. The third-order valence-electron chi connectivity index (χ3n) is 3.41. The largest absolute Gasteiger partial charge is 0.292 e. The van der Waals surface area contributed by atoms with Gasteiger partial charge in [0, 0.05) is 22.9 Å². The van der Waals surface area contributed by atoms with Crippen LogP contribution < -0.4 is 0 Å². The van der Waals surface area contributed by atoms with Gasteiger partial charge in [0.05, 0.1) is 11.0 Å². The van der Waals surface area contributed by atoms with Gasteiger partial charge >= 0.3 is 0 Å². The second kappa shape index (κ2) is 6.60. The smallest absolute Gasteiger partial charge is 0.186 e. The fourth-order valence-electron chi connectivity index (χ4n) is 2.24. The van der Waals surface area contributed by atoms with Gasteiger partial charge in [0.1, 0.15) is 5.01 Å². The van der Waals surface area contributed by atoms with E-state index in [2.05, 4.69) is 4.98 Å². The molecule has 1 atom stereocenters. The summed E-state index contributed by atoms with van der Waals surface area (Å²) in [5.41, 5.74) is 1.61. The summed E-state index contributed by atoms with van der Waals surface area (Å²) in [7, 11) is -3.44. The monoisotopic (exact) mass is 348 g/mol. The maximum absolute atomic E-state index is 12.6. The number of Topliss-reactive ketones (excluding diaryl/α,β-unsaturated/α-hetero) is 1. The number of rotatable bonds is 5. The minimum absolute atomic E-state index is 0.137. The number of aromatic nitrogens is 1. The van der Waals surface area contributed by atoms with E-state index < -0.39 is 21.5 Å². The Morgan fingerprint density at radius 2 is 2.13 bits per heavy atom. The predicted octanol–water partition coefficient (Wildman–Crippen LogP) is 2.91. The molecule has 0 saturated heterocycles. The minimum atomic E-state index is -3.44. The second-order valence-corrected chi connectivity index (χ2v) is 8.08. The van der Waals surface area contributed by atoms with Gasteiger partial charge < -0.3 is 0 Å². The van der Waals surface area contributed by atoms with Crippen LogP contribution in [0, 0.1) is 18.3 Å². The van der Waals surface area contributed by atoms with Gasteiger partial charge in [0.25, 0.3) is 0 Å². The van der Waals surface area contributed by atoms with Crippen molar-refractivity contribution in [2.75, 3.05) is 6.26 Å². The quantitative estimate of drug-likeness (QED) is 0.775. The van der Waals surface area contributed by atoms with Gasteiger partial charge in [-0.1, -0.05) is 19.1 Å². The maximum atomic E-state index is 12.6. The summed E-state index contributed by atoms with van der Waals surface area (Å²) in [6.45, 7) is 3.64. The molecule has 0 saturated carbocycles. The lowest BCUT2D eigenvalue weighted by Gasteiger charge is -2.10. The fourth-order valence-corrected chi connectivity index (χ4v) is 4.11. The molecule has 2 aromatic rings. The lowest BCUT2D eigenvalue weighted by atomic mass is 9.98. The Hall–Kier alpha value is -2.04. The first-order valence-electron chi connectivity index (χ1n) is 6.96. The number of aryl methyl sites for hydroxylation is 2. The molecule has 2 rings (SSSR count). The Morgan fingerprint density at radius 1 is 1.43 bits per heavy atom. The highest BCUT2D eigenvalue weighted by atomic mass is 32.2. The number of carbonyl (C=O) groups excluding carboxylic acids is 1. The Bertz CT molecular complexity index is 892. The van der Waals surface area contributed by atoms with Crippen molar-refractivity contribution >= 4 is 27.0 Å². The number of hydrogen-bond acceptors (Lipinski definition) is 6. The zero-order valence-electron chi connectivity index (χ0n) is 13.0. The molecule has 0 amide bonds. The van der Waals surface area contributed by atoms with E-state index >= 15 is 0 Å². The molecule has 1 aromatic carbocycles. The number of nitriles is 1. The molecule has 7 heteroatoms. The first-order valence-corrected chi connectivity index (χ1v) is 9.73. The fraction of sp³-hybridized carbons (Fsp3) is 0.312. The van der Waals surface area contributed by atoms with E-state index in [1.807, 2.05) is 13.0 Å². The summed E-state index contributed by atoms with van der Waals surface area (Å²) in [6.07, 6.45) is 1.66. The van der Waals surface area contributed by atoms with Crippen molar-refractivity contribution in [2.45, 2.75) is 31.1 Å². The minimum Gasteiger partial charge on any atom is -0.292 e. The second-order valence-electron chi connectivity index (χ2n) is 5.20. The van der Waals surface area contributed by atoms with E-state index in [0.717, 1.165) is 11.9 Å². The highest BCUT2D eigenvalue weighted by Gasteiger charge is 2.26. The Balaban J connectivity index is 2.49. The van der Waals surface area contributed by atoms with Crippen LogP contribution >= 0.6 is 11.3 Å². The van der Waals surface area contributed by atoms with E-state index in [1.165, 1.54) is 17.4 Å². The Morgan fingerprint density at radius 3 is 2.61 bits per heavy atom. The standard InChI is InChI=1S/C16H16N2O3S2/c1-4-11-5-6-12(7-14(11)23(3,20)21)15(19)13(8-17)16-18-10(2)9-22-16/h5-7,9,13H,4H2,1-3H3/t13-/m0/s1. The summed E-state index contributed by atoms with van der Waals surface area (Å²) in [6, 6.07) is 6.53. The van der Waals surface area contributed by atoms with Gasteiger partial charge in [0.2, 0.25) is 0 Å². The molecule has 0 unspecified atom stereocenters. The lowest BCUT2D eigenvalue weighted by Crippen LogP contribution is -2.13. The van der Waals surface area contributed by atoms with E-state index in [9.17, 15) is 18.5 Å². The van der Waals surface area contributed by atoms with Crippen molar-refractivity contribution in [3.05, 3.63) is 45.4 Å². The SMILES string of the molecule is CCc1ccc(C(=O)[C@H](C#N)c2nc(C)cs2)cc1S(C)(=O)=O. The number of hydrogen-bond donors (Lipinski definition) is 0. The summed E-state index contributed by atoms with van der Waals surface area (Å²) in [5, 5.41) is 11.5. The molecule has 0 aliphatic carbocycles. The van der Waals surface area contributed by atoms with Gasteiger partial charge in [-0.2, -0.15) is 5.26 Å². The lowest BCUT2D eigenvalue weighted by molar-refractivity contribution is 0.0978. The van der Waals surface area contributed by atoms with Crippen LogP contribution in [0.25, 0.3) is 0 Å². The summed E-state index contributed by atoms with van der Waals surface area (Å²) >= 11 is 1.25. The molecule has 0 radical (unpaired) electrons. The molecule has 0 N–H and O–H groups in total. The molecule has 1 heterocycles. The third-order valence-corrected chi connectivity index (χ3v) is 5.61. The third kappa shape index (κ3) is 3.66. The van der Waals surface area contributed by atoms with Gasteiger partial charge in [-0.15, -0.1) is 11.3 Å². The molecule has 0 bridgehead atoms. The van der Waals surface area contributed by atoms with Crippen LogP contribution in [0.5, 0.6) is 0 Å². The number of benzene rings is 1. The van der Waals surface area contributed by atoms with Crippen molar-refractivity contribution in [1.29, 1.82) is 5.26 Å². The number of carbonyl (C=O) groups is 1. The molecule has 0 aliphatic heterocycles. The highest BCUT2D eigenvalue weighted by Crippen LogP contribution is 2.26. The average molecular weight is 348 g/mol. The van der Waals surface area contributed by atoms with E-state index in [1.54, 1.807) is 24.4 Å². The average Bonchev–Trinajstić information content (AvgIpc) is 2.92. The van der Waals surface area contributed by atoms with Crippen LogP contribution in [-0.4, -0.2) is 25.4 Å². The van der Waals surface area contributed by atoms with Gasteiger partial charge in [-0.3, -0.25) is 4.79 Å². The van der Waals surface area contributed by atoms with Crippen molar-refractivity contribution < 1.29 is 13.2 Å². The molecular formula is C16H16N2O3S2. The van der Waals surface area contributed by atoms with Gasteiger partial charge in [-0.05, 0) is 25.0 Å². The van der Waals surface area contributed by atoms with Crippen LogP contribution in [-0.2, 0) is 16.3 Å². The van der Waals surface area contributed by atoms with Crippen LogP contribution in [0.3, 0.4) is 0 Å². The van der Waals surface area contributed by atoms with E-state index in [0.29, 0.717) is 17.0 Å². The summed E-state index contributed by atoms with van der Waals surface area (Å²) in [5.74, 6) is -1.46. The van der Waals surface area contributed by atoms with Gasteiger partial charge in [-0.25, -0.2) is 13.4 Å². The van der Waals surface area contributed by atoms with Crippen molar-refractivity contribution in [2.24, 2.45) is 0 Å². The molecule has 5 nitrogen and oxygen atoms in total. The van der Waals surface area contributed by atoms with E-state index in [-0.39, 0.29) is 10.5 Å². The van der Waals surface area contributed by atoms with Crippen LogP contribution in [0.4, 0.5) is 0 Å². The number of sulfone groups is 1. The zero-order valence-corrected chi connectivity index (χ0v) is 14.7. The topological polar surface area (TPSA) is 87.9 Å². The van der Waals surface area contributed by atoms with Crippen molar-refractivity contribution in [3.8, 4) is 6.07 Å². The molecule has 0 spiro atoms. The number of ketones is 1. The Kier molecular flexibility index (Phi) is 4.97. The van der Waals surface area contributed by atoms with Crippen molar-refractivity contribution in [1.82, 2.24) is 4.98 Å². The summed E-state index contributed by atoms with van der Waals surface area (Å²) in [4.78, 5) is 16.9. The van der Waals surface area contributed by atoms with Crippen LogP contribution in [0.15, 0.2) is 28.5 Å². The summed E-state index contributed by atoms with van der Waals surface area (Å²) < 4.78 is 23.8. The van der Waals surface area contributed by atoms with E-state index in [4.69, 9.17) is 0 Å². The molecule has 0 fully saturated rings. The number of nitrogens with zero attached hydrogens (tertiary/aromatic N) is 2. The first-order chi connectivity index (χ1) is 10.8. The molecular weight excluding hydrogens is 332 g/mol. The molecule has 120 valence electrons. The molecule has 0 aliphatic rings. The Labute approximate surface area is 139 Å².